The molecule has 2 rings (SSSR count). The second-order valence-electron chi connectivity index (χ2n) is 4.33. The minimum atomic E-state index is -4.48. The number of amides is 1. The van der Waals surface area contributed by atoms with Gasteiger partial charge in [-0.3, -0.25) is 4.79 Å². The van der Waals surface area contributed by atoms with Crippen molar-refractivity contribution in [2.45, 2.75) is 6.18 Å². The Morgan fingerprint density at radius 1 is 1.05 bits per heavy atom. The summed E-state index contributed by atoms with van der Waals surface area (Å²) in [6.07, 6.45) is -4.48. The zero-order chi connectivity index (χ0) is 15.6. The number of primary amides is 1. The maximum Gasteiger partial charge on any atom is 0.418 e. The first-order chi connectivity index (χ1) is 9.79. The molecule has 1 amide bonds. The smallest absolute Gasteiger partial charge is 0.397 e. The van der Waals surface area contributed by atoms with Crippen molar-refractivity contribution in [3.63, 3.8) is 0 Å². The number of carbonyl (C=O) groups excluding carboxylic acids is 1. The van der Waals surface area contributed by atoms with Crippen LogP contribution < -0.4 is 16.8 Å². The summed E-state index contributed by atoms with van der Waals surface area (Å²) in [5.41, 5.74) is 10.5. The van der Waals surface area contributed by atoms with E-state index in [1.807, 2.05) is 0 Å². The number of nitrogens with one attached hydrogen (secondary N) is 1. The van der Waals surface area contributed by atoms with Gasteiger partial charge in [0.2, 0.25) is 5.91 Å². The van der Waals surface area contributed by atoms with E-state index in [9.17, 15) is 18.0 Å². The van der Waals surface area contributed by atoms with Gasteiger partial charge in [0.1, 0.15) is 0 Å². The molecule has 0 bridgehead atoms. The first kappa shape index (κ1) is 14.7. The number of alkyl halides is 3. The lowest BCUT2D eigenvalue weighted by Crippen LogP contribution is -2.12. The van der Waals surface area contributed by atoms with Crippen LogP contribution in [0.1, 0.15) is 15.9 Å². The van der Waals surface area contributed by atoms with Crippen LogP contribution in [0, 0.1) is 0 Å². The Morgan fingerprint density at radius 2 is 1.71 bits per heavy atom. The maximum absolute atomic E-state index is 12.9. The molecule has 2 aromatic carbocycles. The molecule has 0 atom stereocenters. The molecule has 21 heavy (non-hydrogen) atoms. The SMILES string of the molecule is NC(=O)c1ccc(Nc2ccccc2C(F)(F)F)c(N)c1. The molecule has 0 unspecified atom stereocenters. The van der Waals surface area contributed by atoms with Crippen LogP contribution in [0.4, 0.5) is 30.2 Å². The molecule has 0 spiro atoms. The summed E-state index contributed by atoms with van der Waals surface area (Å²) in [5.74, 6) is -0.663. The molecule has 110 valence electrons. The number of anilines is 3. The molecule has 2 aromatic rings. The molecule has 0 aliphatic carbocycles. The molecule has 0 aliphatic heterocycles. The number of para-hydroxylation sites is 1. The van der Waals surface area contributed by atoms with Crippen molar-refractivity contribution in [1.82, 2.24) is 0 Å². The van der Waals surface area contributed by atoms with Crippen molar-refractivity contribution in [2.75, 3.05) is 11.1 Å². The van der Waals surface area contributed by atoms with Crippen molar-refractivity contribution in [3.05, 3.63) is 53.6 Å². The predicted octanol–water partition coefficient (Wildman–Crippen LogP) is 3.13. The second-order valence-corrected chi connectivity index (χ2v) is 4.33. The highest BCUT2D eigenvalue weighted by Gasteiger charge is 2.33. The van der Waals surface area contributed by atoms with Gasteiger partial charge in [-0.15, -0.1) is 0 Å². The quantitative estimate of drug-likeness (QED) is 0.761. The van der Waals surface area contributed by atoms with Crippen LogP contribution in [-0.2, 0) is 6.18 Å². The molecule has 0 saturated heterocycles. The van der Waals surface area contributed by atoms with E-state index in [-0.39, 0.29) is 22.6 Å². The number of benzene rings is 2. The van der Waals surface area contributed by atoms with E-state index in [0.717, 1.165) is 6.07 Å². The van der Waals surface area contributed by atoms with Crippen molar-refractivity contribution in [3.8, 4) is 0 Å². The lowest BCUT2D eigenvalue weighted by atomic mass is 10.1. The summed E-state index contributed by atoms with van der Waals surface area (Å²) in [4.78, 5) is 11.0. The van der Waals surface area contributed by atoms with Crippen molar-refractivity contribution in [1.29, 1.82) is 0 Å². The normalized spacial score (nSPS) is 11.2. The fourth-order valence-electron chi connectivity index (χ4n) is 1.81. The molecule has 0 radical (unpaired) electrons. The average Bonchev–Trinajstić information content (AvgIpc) is 2.40. The number of carbonyl (C=O) groups is 1. The number of nitrogens with two attached hydrogens (primary N) is 2. The zero-order valence-corrected chi connectivity index (χ0v) is 10.7. The topological polar surface area (TPSA) is 81.1 Å². The van der Waals surface area contributed by atoms with E-state index in [0.29, 0.717) is 0 Å². The van der Waals surface area contributed by atoms with E-state index in [2.05, 4.69) is 5.32 Å². The lowest BCUT2D eigenvalue weighted by Gasteiger charge is -2.15. The highest BCUT2D eigenvalue weighted by molar-refractivity contribution is 5.95. The first-order valence-corrected chi connectivity index (χ1v) is 5.91. The van der Waals surface area contributed by atoms with Gasteiger partial charge in [-0.05, 0) is 30.3 Å². The van der Waals surface area contributed by atoms with Crippen molar-refractivity contribution < 1.29 is 18.0 Å². The van der Waals surface area contributed by atoms with E-state index in [1.54, 1.807) is 0 Å². The Bertz CT molecular complexity index is 683. The summed E-state index contributed by atoms with van der Waals surface area (Å²) in [6.45, 7) is 0. The van der Waals surface area contributed by atoms with Crippen LogP contribution in [0.5, 0.6) is 0 Å². The van der Waals surface area contributed by atoms with E-state index >= 15 is 0 Å². The molecule has 0 aliphatic rings. The minimum Gasteiger partial charge on any atom is -0.397 e. The third-order valence-electron chi connectivity index (χ3n) is 2.84. The number of hydrogen-bond donors (Lipinski definition) is 3. The van der Waals surface area contributed by atoms with E-state index in [4.69, 9.17) is 11.5 Å². The van der Waals surface area contributed by atoms with Crippen LogP contribution in [0.3, 0.4) is 0 Å². The highest BCUT2D eigenvalue weighted by atomic mass is 19.4. The van der Waals surface area contributed by atoms with E-state index < -0.39 is 17.6 Å². The van der Waals surface area contributed by atoms with Crippen LogP contribution >= 0.6 is 0 Å². The summed E-state index contributed by atoms with van der Waals surface area (Å²) in [6, 6.07) is 9.14. The third kappa shape index (κ3) is 3.25. The molecule has 0 saturated carbocycles. The lowest BCUT2D eigenvalue weighted by molar-refractivity contribution is -0.136. The van der Waals surface area contributed by atoms with Crippen molar-refractivity contribution >= 4 is 23.0 Å². The fourth-order valence-corrected chi connectivity index (χ4v) is 1.81. The van der Waals surface area contributed by atoms with Gasteiger partial charge in [-0.2, -0.15) is 13.2 Å². The Labute approximate surface area is 118 Å². The Hall–Kier alpha value is -2.70. The number of nitrogen functional groups attached to an aromatic ring is 1. The van der Waals surface area contributed by atoms with Crippen LogP contribution in [0.2, 0.25) is 0 Å². The monoisotopic (exact) mass is 295 g/mol. The second kappa shape index (κ2) is 5.35. The largest absolute Gasteiger partial charge is 0.418 e. The molecular formula is C14H12F3N3O. The number of hydrogen-bond acceptors (Lipinski definition) is 3. The van der Waals surface area contributed by atoms with Gasteiger partial charge in [0.05, 0.1) is 22.6 Å². The van der Waals surface area contributed by atoms with Gasteiger partial charge < -0.3 is 16.8 Å². The molecular weight excluding hydrogens is 283 g/mol. The van der Waals surface area contributed by atoms with Crippen molar-refractivity contribution in [2.24, 2.45) is 5.73 Å². The average molecular weight is 295 g/mol. The van der Waals surface area contributed by atoms with Gasteiger partial charge in [-0.25, -0.2) is 0 Å². The third-order valence-corrected chi connectivity index (χ3v) is 2.84. The van der Waals surface area contributed by atoms with Crippen LogP contribution in [0.15, 0.2) is 42.5 Å². The summed E-state index contributed by atoms with van der Waals surface area (Å²) in [7, 11) is 0. The van der Waals surface area contributed by atoms with Gasteiger partial charge in [-0.1, -0.05) is 12.1 Å². The molecule has 5 N–H and O–H groups in total. The van der Waals surface area contributed by atoms with Gasteiger partial charge in [0.15, 0.2) is 0 Å². The Kier molecular flexibility index (Phi) is 3.75. The predicted molar refractivity (Wildman–Crippen MR) is 74.1 cm³/mol. The summed E-state index contributed by atoms with van der Waals surface area (Å²) < 4.78 is 38.7. The van der Waals surface area contributed by atoms with Gasteiger partial charge >= 0.3 is 6.18 Å². The molecule has 7 heteroatoms. The standard InChI is InChI=1S/C14H12F3N3O/c15-14(16,17)9-3-1-2-4-11(9)20-12-6-5-8(13(19)21)7-10(12)18/h1-7,20H,18H2,(H2,19,21). The fraction of sp³-hybridized carbons (Fsp3) is 0.0714. The number of halogens is 3. The van der Waals surface area contributed by atoms with Crippen LogP contribution in [0.25, 0.3) is 0 Å². The Morgan fingerprint density at radius 3 is 2.29 bits per heavy atom. The molecule has 4 nitrogen and oxygen atoms in total. The summed E-state index contributed by atoms with van der Waals surface area (Å²) in [5, 5.41) is 2.62. The molecule has 0 heterocycles. The van der Waals surface area contributed by atoms with Crippen LogP contribution in [-0.4, -0.2) is 5.91 Å². The zero-order valence-electron chi connectivity index (χ0n) is 10.7. The first-order valence-electron chi connectivity index (χ1n) is 5.91. The maximum atomic E-state index is 12.9. The summed E-state index contributed by atoms with van der Waals surface area (Å²) >= 11 is 0. The molecule has 0 aromatic heterocycles. The Balaban J connectivity index is 2.38. The van der Waals surface area contributed by atoms with E-state index in [1.165, 1.54) is 36.4 Å². The van der Waals surface area contributed by atoms with Gasteiger partial charge in [0.25, 0.3) is 0 Å². The minimum absolute atomic E-state index is 0.122. The number of rotatable bonds is 3. The van der Waals surface area contributed by atoms with Gasteiger partial charge in [0, 0.05) is 5.56 Å². The molecule has 0 fully saturated rings. The highest BCUT2D eigenvalue weighted by Crippen LogP contribution is 2.36.